The van der Waals surface area contributed by atoms with Gasteiger partial charge in [-0.2, -0.15) is 0 Å². The molecule has 0 spiro atoms. The molecule has 2 aliphatic rings. The number of morpholine rings is 1. The molecule has 1 aliphatic heterocycles. The summed E-state index contributed by atoms with van der Waals surface area (Å²) in [7, 11) is 0. The minimum atomic E-state index is -0.00654. The normalized spacial score (nSPS) is 28.5. The Balaban J connectivity index is 1.89. The Bertz CT molecular complexity index is 286. The number of rotatable bonds is 2. The van der Waals surface area contributed by atoms with Gasteiger partial charge in [0.05, 0.1) is 12.7 Å². The van der Waals surface area contributed by atoms with Crippen molar-refractivity contribution in [3.8, 4) is 0 Å². The van der Waals surface area contributed by atoms with E-state index in [0.29, 0.717) is 19.1 Å². The Morgan fingerprint density at radius 1 is 1.21 bits per heavy atom. The third kappa shape index (κ3) is 4.18. The summed E-state index contributed by atoms with van der Waals surface area (Å²) in [5, 5.41) is 0. The van der Waals surface area contributed by atoms with Crippen LogP contribution in [0.3, 0.4) is 0 Å². The Kier molecular flexibility index (Phi) is 5.64. The minimum absolute atomic E-state index is 0.00579. The quantitative estimate of drug-likeness (QED) is 0.832. The van der Waals surface area contributed by atoms with Crippen molar-refractivity contribution >= 4 is 5.91 Å². The van der Waals surface area contributed by atoms with Gasteiger partial charge in [-0.15, -0.1) is 0 Å². The van der Waals surface area contributed by atoms with E-state index in [4.69, 9.17) is 10.5 Å². The first-order chi connectivity index (χ1) is 9.18. The van der Waals surface area contributed by atoms with Crippen LogP contribution in [0.2, 0.25) is 0 Å². The summed E-state index contributed by atoms with van der Waals surface area (Å²) in [6.07, 6.45) is 8.47. The highest BCUT2D eigenvalue weighted by Crippen LogP contribution is 2.25. The van der Waals surface area contributed by atoms with Gasteiger partial charge in [-0.3, -0.25) is 4.79 Å². The van der Waals surface area contributed by atoms with Crippen LogP contribution >= 0.6 is 0 Å². The highest BCUT2D eigenvalue weighted by Gasteiger charge is 2.30. The molecule has 1 amide bonds. The Hall–Kier alpha value is -0.610. The van der Waals surface area contributed by atoms with Crippen molar-refractivity contribution in [1.82, 2.24) is 4.90 Å². The van der Waals surface area contributed by atoms with Crippen LogP contribution in [0.5, 0.6) is 0 Å². The maximum Gasteiger partial charge on any atom is 0.225 e. The highest BCUT2D eigenvalue weighted by atomic mass is 16.5. The van der Waals surface area contributed by atoms with Gasteiger partial charge >= 0.3 is 0 Å². The second-order valence-electron chi connectivity index (χ2n) is 6.09. The second kappa shape index (κ2) is 7.25. The lowest BCUT2D eigenvalue weighted by Crippen LogP contribution is -2.52. The van der Waals surface area contributed by atoms with E-state index in [0.717, 1.165) is 19.4 Å². The van der Waals surface area contributed by atoms with Crippen LogP contribution in [0.25, 0.3) is 0 Å². The van der Waals surface area contributed by atoms with Gasteiger partial charge in [-0.1, -0.05) is 32.1 Å². The number of amides is 1. The fraction of sp³-hybridized carbons (Fsp3) is 0.933. The molecule has 2 unspecified atom stereocenters. The minimum Gasteiger partial charge on any atom is -0.373 e. The molecule has 0 aromatic heterocycles. The zero-order chi connectivity index (χ0) is 13.7. The maximum absolute atomic E-state index is 12.6. The SMILES string of the molecule is CC(N)C1CN(C(=O)C2CCCCCCC2)CCO1. The molecule has 1 saturated carbocycles. The van der Waals surface area contributed by atoms with Gasteiger partial charge in [0, 0.05) is 25.0 Å². The average molecular weight is 268 g/mol. The van der Waals surface area contributed by atoms with E-state index in [9.17, 15) is 4.79 Å². The molecule has 2 rings (SSSR count). The number of hydrogen-bond acceptors (Lipinski definition) is 3. The van der Waals surface area contributed by atoms with Crippen molar-refractivity contribution in [2.75, 3.05) is 19.7 Å². The Morgan fingerprint density at radius 3 is 2.47 bits per heavy atom. The summed E-state index contributed by atoms with van der Waals surface area (Å²) >= 11 is 0. The van der Waals surface area contributed by atoms with E-state index < -0.39 is 0 Å². The molecular formula is C15H28N2O2. The summed E-state index contributed by atoms with van der Waals surface area (Å²) in [6, 6.07) is -0.00654. The van der Waals surface area contributed by atoms with Crippen LogP contribution in [0.1, 0.15) is 51.9 Å². The van der Waals surface area contributed by atoms with Gasteiger partial charge in [-0.05, 0) is 19.8 Å². The fourth-order valence-electron chi connectivity index (χ4n) is 3.15. The number of hydrogen-bond donors (Lipinski definition) is 1. The van der Waals surface area contributed by atoms with Crippen LogP contribution in [0.15, 0.2) is 0 Å². The number of nitrogens with two attached hydrogens (primary N) is 1. The molecule has 4 heteroatoms. The van der Waals surface area contributed by atoms with Crippen molar-refractivity contribution in [2.24, 2.45) is 11.7 Å². The lowest BCUT2D eigenvalue weighted by Gasteiger charge is -2.36. The number of ether oxygens (including phenoxy) is 1. The number of nitrogens with zero attached hydrogens (tertiary/aromatic N) is 1. The van der Waals surface area contributed by atoms with E-state index in [2.05, 4.69) is 0 Å². The molecule has 0 aromatic rings. The van der Waals surface area contributed by atoms with Gasteiger partial charge in [0.15, 0.2) is 0 Å². The lowest BCUT2D eigenvalue weighted by molar-refractivity contribution is -0.144. The zero-order valence-electron chi connectivity index (χ0n) is 12.1. The van der Waals surface area contributed by atoms with Crippen LogP contribution in [-0.2, 0) is 9.53 Å². The molecule has 2 atom stereocenters. The van der Waals surface area contributed by atoms with Crippen molar-refractivity contribution in [2.45, 2.75) is 64.0 Å². The summed E-state index contributed by atoms with van der Waals surface area (Å²) in [5.41, 5.74) is 5.89. The maximum atomic E-state index is 12.6. The molecule has 0 aromatic carbocycles. The van der Waals surface area contributed by atoms with Crippen LogP contribution in [0.4, 0.5) is 0 Å². The van der Waals surface area contributed by atoms with E-state index >= 15 is 0 Å². The largest absolute Gasteiger partial charge is 0.373 e. The molecule has 2 N–H and O–H groups in total. The molecule has 4 nitrogen and oxygen atoms in total. The number of carbonyl (C=O) groups is 1. The fourth-order valence-corrected chi connectivity index (χ4v) is 3.15. The molecule has 110 valence electrons. The van der Waals surface area contributed by atoms with Crippen LogP contribution < -0.4 is 5.73 Å². The Labute approximate surface area is 116 Å². The molecule has 1 aliphatic carbocycles. The van der Waals surface area contributed by atoms with Crippen molar-refractivity contribution in [3.05, 3.63) is 0 Å². The monoisotopic (exact) mass is 268 g/mol. The van der Waals surface area contributed by atoms with Crippen LogP contribution in [-0.4, -0.2) is 42.6 Å². The predicted octanol–water partition coefficient (Wildman–Crippen LogP) is 1.92. The summed E-state index contributed by atoms with van der Waals surface area (Å²) < 4.78 is 5.63. The molecule has 0 bridgehead atoms. The van der Waals surface area contributed by atoms with Gasteiger partial charge in [0.25, 0.3) is 0 Å². The van der Waals surface area contributed by atoms with Crippen molar-refractivity contribution in [1.29, 1.82) is 0 Å². The molecule has 1 heterocycles. The van der Waals surface area contributed by atoms with Gasteiger partial charge in [-0.25, -0.2) is 0 Å². The molecular weight excluding hydrogens is 240 g/mol. The topological polar surface area (TPSA) is 55.6 Å². The molecule has 2 fully saturated rings. The van der Waals surface area contributed by atoms with Gasteiger partial charge < -0.3 is 15.4 Å². The van der Waals surface area contributed by atoms with Crippen molar-refractivity contribution in [3.63, 3.8) is 0 Å². The van der Waals surface area contributed by atoms with Crippen molar-refractivity contribution < 1.29 is 9.53 Å². The zero-order valence-corrected chi connectivity index (χ0v) is 12.1. The second-order valence-corrected chi connectivity index (χ2v) is 6.09. The van der Waals surface area contributed by atoms with E-state index in [1.807, 2.05) is 11.8 Å². The molecule has 0 radical (unpaired) electrons. The average Bonchev–Trinajstić information content (AvgIpc) is 2.38. The predicted molar refractivity (Wildman–Crippen MR) is 75.8 cm³/mol. The third-order valence-corrected chi connectivity index (χ3v) is 4.45. The lowest BCUT2D eigenvalue weighted by atomic mass is 9.90. The summed E-state index contributed by atoms with van der Waals surface area (Å²) in [4.78, 5) is 14.6. The van der Waals surface area contributed by atoms with E-state index in [1.165, 1.54) is 32.1 Å². The molecule has 19 heavy (non-hydrogen) atoms. The highest BCUT2D eigenvalue weighted by molar-refractivity contribution is 5.79. The first kappa shape index (κ1) is 14.8. The summed E-state index contributed by atoms with van der Waals surface area (Å²) in [5.74, 6) is 0.586. The third-order valence-electron chi connectivity index (χ3n) is 4.45. The first-order valence-corrected chi connectivity index (χ1v) is 7.84. The van der Waals surface area contributed by atoms with E-state index in [1.54, 1.807) is 0 Å². The molecule has 1 saturated heterocycles. The van der Waals surface area contributed by atoms with Gasteiger partial charge in [0.2, 0.25) is 5.91 Å². The number of carbonyl (C=O) groups excluding carboxylic acids is 1. The van der Waals surface area contributed by atoms with Gasteiger partial charge in [0.1, 0.15) is 0 Å². The standard InChI is InChI=1S/C15H28N2O2/c1-12(16)14-11-17(9-10-19-14)15(18)13-7-5-3-2-4-6-8-13/h12-14H,2-11,16H2,1H3. The Morgan fingerprint density at radius 2 is 1.84 bits per heavy atom. The van der Waals surface area contributed by atoms with E-state index in [-0.39, 0.29) is 18.1 Å². The first-order valence-electron chi connectivity index (χ1n) is 7.84. The van der Waals surface area contributed by atoms with Crippen LogP contribution in [0, 0.1) is 5.92 Å². The smallest absolute Gasteiger partial charge is 0.225 e. The summed E-state index contributed by atoms with van der Waals surface area (Å²) in [6.45, 7) is 3.99.